The number of ether oxygens (including phenoxy) is 2. The van der Waals surface area contributed by atoms with Gasteiger partial charge in [0.05, 0.1) is 19.3 Å². The minimum absolute atomic E-state index is 0.336. The van der Waals surface area contributed by atoms with Crippen molar-refractivity contribution in [3.63, 3.8) is 0 Å². The monoisotopic (exact) mass is 378 g/mol. The minimum atomic E-state index is -0.336. The first-order valence-electron chi connectivity index (χ1n) is 8.88. The molecular formula is C21H22N4O3. The molecule has 28 heavy (non-hydrogen) atoms. The molecule has 0 saturated heterocycles. The van der Waals surface area contributed by atoms with Crippen LogP contribution in [0, 0.1) is 6.92 Å². The van der Waals surface area contributed by atoms with Crippen molar-refractivity contribution in [3.05, 3.63) is 66.0 Å². The fraction of sp³-hybridized carbons (Fsp3) is 0.190. The number of nitrogens with one attached hydrogen (secondary N) is 2. The maximum atomic E-state index is 11.7. The first-order chi connectivity index (χ1) is 13.6. The van der Waals surface area contributed by atoms with Gasteiger partial charge in [-0.2, -0.15) is 0 Å². The lowest BCUT2D eigenvalue weighted by molar-refractivity contribution is 0.0526. The van der Waals surface area contributed by atoms with Gasteiger partial charge in [-0.25, -0.2) is 14.8 Å². The largest absolute Gasteiger partial charge is 0.497 e. The topological polar surface area (TPSA) is 85.4 Å². The van der Waals surface area contributed by atoms with Crippen molar-refractivity contribution in [1.29, 1.82) is 0 Å². The third-order valence-corrected chi connectivity index (χ3v) is 3.85. The first-order valence-corrected chi connectivity index (χ1v) is 8.88. The molecule has 0 atom stereocenters. The van der Waals surface area contributed by atoms with Crippen LogP contribution < -0.4 is 15.4 Å². The molecule has 0 bridgehead atoms. The zero-order chi connectivity index (χ0) is 19.9. The number of methoxy groups -OCH3 is 1. The normalized spacial score (nSPS) is 10.2. The van der Waals surface area contributed by atoms with E-state index in [0.29, 0.717) is 29.6 Å². The fourth-order valence-corrected chi connectivity index (χ4v) is 2.60. The van der Waals surface area contributed by atoms with Crippen LogP contribution in [-0.2, 0) is 4.74 Å². The van der Waals surface area contributed by atoms with E-state index in [4.69, 9.17) is 9.47 Å². The molecule has 0 aliphatic carbocycles. The van der Waals surface area contributed by atoms with E-state index >= 15 is 0 Å². The van der Waals surface area contributed by atoms with Gasteiger partial charge < -0.3 is 20.1 Å². The van der Waals surface area contributed by atoms with Crippen molar-refractivity contribution in [2.75, 3.05) is 24.4 Å². The van der Waals surface area contributed by atoms with E-state index in [2.05, 4.69) is 20.6 Å². The Bertz CT molecular complexity index is 958. The van der Waals surface area contributed by atoms with Crippen LogP contribution in [0.4, 0.5) is 23.0 Å². The third kappa shape index (κ3) is 4.97. The number of benzene rings is 2. The summed E-state index contributed by atoms with van der Waals surface area (Å²) in [7, 11) is 1.63. The minimum Gasteiger partial charge on any atom is -0.497 e. The molecule has 0 saturated carbocycles. The maximum absolute atomic E-state index is 11.7. The Kier molecular flexibility index (Phi) is 6.06. The highest BCUT2D eigenvalue weighted by atomic mass is 16.5. The summed E-state index contributed by atoms with van der Waals surface area (Å²) in [4.78, 5) is 20.6. The van der Waals surface area contributed by atoms with Gasteiger partial charge in [0.1, 0.15) is 23.2 Å². The molecule has 0 amide bonds. The molecule has 0 unspecified atom stereocenters. The number of anilines is 4. The summed E-state index contributed by atoms with van der Waals surface area (Å²) >= 11 is 0. The predicted molar refractivity (Wildman–Crippen MR) is 109 cm³/mol. The fourth-order valence-electron chi connectivity index (χ4n) is 2.60. The van der Waals surface area contributed by atoms with Crippen molar-refractivity contribution in [2.24, 2.45) is 0 Å². The highest BCUT2D eigenvalue weighted by Gasteiger charge is 2.07. The number of carbonyl (C=O) groups excluding carboxylic acids is 1. The quantitative estimate of drug-likeness (QED) is 0.587. The third-order valence-electron chi connectivity index (χ3n) is 3.85. The average molecular weight is 378 g/mol. The van der Waals surface area contributed by atoms with Crippen LogP contribution in [0.5, 0.6) is 5.75 Å². The molecule has 2 N–H and O–H groups in total. The van der Waals surface area contributed by atoms with Gasteiger partial charge in [0.2, 0.25) is 0 Å². The second-order valence-corrected chi connectivity index (χ2v) is 5.97. The molecule has 0 aliphatic rings. The van der Waals surface area contributed by atoms with Gasteiger partial charge in [0.15, 0.2) is 0 Å². The smallest absolute Gasteiger partial charge is 0.338 e. The lowest BCUT2D eigenvalue weighted by Crippen LogP contribution is -2.05. The van der Waals surface area contributed by atoms with Crippen LogP contribution in [0.3, 0.4) is 0 Å². The second kappa shape index (κ2) is 8.85. The van der Waals surface area contributed by atoms with E-state index < -0.39 is 0 Å². The summed E-state index contributed by atoms with van der Waals surface area (Å²) in [6.45, 7) is 3.95. The zero-order valence-corrected chi connectivity index (χ0v) is 16.0. The van der Waals surface area contributed by atoms with Crippen molar-refractivity contribution >= 4 is 29.0 Å². The van der Waals surface area contributed by atoms with E-state index in [0.717, 1.165) is 17.1 Å². The lowest BCUT2D eigenvalue weighted by atomic mass is 10.2. The van der Waals surface area contributed by atoms with Crippen LogP contribution in [0.2, 0.25) is 0 Å². The summed E-state index contributed by atoms with van der Waals surface area (Å²) in [5.41, 5.74) is 2.17. The van der Waals surface area contributed by atoms with Gasteiger partial charge in [-0.3, -0.25) is 0 Å². The molecule has 3 aromatic rings. The van der Waals surface area contributed by atoms with Crippen LogP contribution >= 0.6 is 0 Å². The predicted octanol–water partition coefficient (Wildman–Crippen LogP) is 4.46. The van der Waals surface area contributed by atoms with Crippen molar-refractivity contribution in [3.8, 4) is 5.75 Å². The maximum Gasteiger partial charge on any atom is 0.338 e. The number of aryl methyl sites for hydroxylation is 1. The molecule has 7 heteroatoms. The molecule has 3 rings (SSSR count). The highest BCUT2D eigenvalue weighted by molar-refractivity contribution is 5.89. The van der Waals surface area contributed by atoms with E-state index in [1.807, 2.05) is 37.3 Å². The van der Waals surface area contributed by atoms with Crippen molar-refractivity contribution < 1.29 is 14.3 Å². The number of aromatic nitrogens is 2. The molecule has 0 radical (unpaired) electrons. The molecule has 144 valence electrons. The molecule has 0 spiro atoms. The molecule has 1 heterocycles. The summed E-state index contributed by atoms with van der Waals surface area (Å²) < 4.78 is 10.2. The average Bonchev–Trinajstić information content (AvgIpc) is 2.68. The molecule has 7 nitrogen and oxygen atoms in total. The van der Waals surface area contributed by atoms with Crippen LogP contribution in [0.25, 0.3) is 0 Å². The van der Waals surface area contributed by atoms with Gasteiger partial charge in [-0.1, -0.05) is 6.07 Å². The van der Waals surface area contributed by atoms with Gasteiger partial charge in [0, 0.05) is 23.5 Å². The number of hydrogen-bond acceptors (Lipinski definition) is 7. The van der Waals surface area contributed by atoms with Gasteiger partial charge >= 0.3 is 5.97 Å². The second-order valence-electron chi connectivity index (χ2n) is 5.97. The van der Waals surface area contributed by atoms with Crippen LogP contribution in [0.1, 0.15) is 23.1 Å². The first kappa shape index (κ1) is 19.2. The lowest BCUT2D eigenvalue weighted by Gasteiger charge is -2.11. The SMILES string of the molecule is CCOC(=O)c1ccc(Nc2cc(Nc3cccc(OC)c3)nc(C)n2)cc1. The number of carbonyl (C=O) groups is 1. The molecule has 0 aliphatic heterocycles. The number of rotatable bonds is 7. The summed E-state index contributed by atoms with van der Waals surface area (Å²) in [5.74, 6) is 2.35. The zero-order valence-electron chi connectivity index (χ0n) is 16.0. The van der Waals surface area contributed by atoms with Crippen LogP contribution in [-0.4, -0.2) is 29.7 Å². The molecule has 2 aromatic carbocycles. The summed E-state index contributed by atoms with van der Waals surface area (Å²) in [6, 6.07) is 16.4. The Labute approximate surface area is 163 Å². The standard InChI is InChI=1S/C21H22N4O3/c1-4-28-21(26)15-8-10-16(11-9-15)24-19-13-20(23-14(2)22-19)25-17-6-5-7-18(12-17)27-3/h5-13H,4H2,1-3H3,(H2,22,23,24,25). The number of hydrogen-bond donors (Lipinski definition) is 2. The van der Waals surface area contributed by atoms with Crippen molar-refractivity contribution in [2.45, 2.75) is 13.8 Å². The molecular weight excluding hydrogens is 356 g/mol. The Hall–Kier alpha value is -3.61. The Morgan fingerprint density at radius 2 is 1.64 bits per heavy atom. The molecule has 0 fully saturated rings. The Balaban J connectivity index is 1.75. The van der Waals surface area contributed by atoms with Gasteiger partial charge in [0.25, 0.3) is 0 Å². The van der Waals surface area contributed by atoms with E-state index in [1.165, 1.54) is 0 Å². The summed E-state index contributed by atoms with van der Waals surface area (Å²) in [6.07, 6.45) is 0. The Morgan fingerprint density at radius 3 is 2.29 bits per heavy atom. The van der Waals surface area contributed by atoms with E-state index in [-0.39, 0.29) is 5.97 Å². The van der Waals surface area contributed by atoms with E-state index in [1.54, 1.807) is 38.3 Å². The van der Waals surface area contributed by atoms with Gasteiger partial charge in [-0.15, -0.1) is 0 Å². The van der Waals surface area contributed by atoms with Gasteiger partial charge in [-0.05, 0) is 50.2 Å². The van der Waals surface area contributed by atoms with E-state index in [9.17, 15) is 4.79 Å². The summed E-state index contributed by atoms with van der Waals surface area (Å²) in [5, 5.41) is 6.48. The van der Waals surface area contributed by atoms with Crippen LogP contribution in [0.15, 0.2) is 54.6 Å². The molecule has 1 aromatic heterocycles. The highest BCUT2D eigenvalue weighted by Crippen LogP contribution is 2.23. The Morgan fingerprint density at radius 1 is 0.964 bits per heavy atom. The van der Waals surface area contributed by atoms with Crippen molar-refractivity contribution in [1.82, 2.24) is 9.97 Å². The number of esters is 1. The number of nitrogens with zero attached hydrogens (tertiary/aromatic N) is 2.